The van der Waals surface area contributed by atoms with Crippen LogP contribution in [-0.4, -0.2) is 36.6 Å². The van der Waals surface area contributed by atoms with E-state index >= 15 is 0 Å². The maximum atomic E-state index is 11.8. The Morgan fingerprint density at radius 3 is 2.65 bits per heavy atom. The zero-order chi connectivity index (χ0) is 17.0. The van der Waals surface area contributed by atoms with Crippen molar-refractivity contribution in [3.63, 3.8) is 0 Å². The predicted octanol–water partition coefficient (Wildman–Crippen LogP) is 3.47. The summed E-state index contributed by atoms with van der Waals surface area (Å²) in [7, 11) is -3.65. The maximum absolute atomic E-state index is 11.8. The lowest BCUT2D eigenvalue weighted by molar-refractivity contribution is -0.387. The van der Waals surface area contributed by atoms with Gasteiger partial charge in [-0.2, -0.15) is 11.8 Å². The Hall–Kier alpha value is -1.28. The van der Waals surface area contributed by atoms with Gasteiger partial charge in [-0.15, -0.1) is 0 Å². The number of hydrogen-bond donors (Lipinski definition) is 1. The summed E-state index contributed by atoms with van der Waals surface area (Å²) < 4.78 is 23.7. The fourth-order valence-corrected chi connectivity index (χ4v) is 5.00. The van der Waals surface area contributed by atoms with Crippen molar-refractivity contribution in [3.05, 3.63) is 28.3 Å². The lowest BCUT2D eigenvalue weighted by atomic mass is 9.94. The first-order valence-electron chi connectivity index (χ1n) is 7.69. The molecule has 128 valence electrons. The van der Waals surface area contributed by atoms with E-state index in [4.69, 9.17) is 0 Å². The van der Waals surface area contributed by atoms with E-state index in [2.05, 4.69) is 12.2 Å². The quantitative estimate of drug-likeness (QED) is 0.618. The Balaban J connectivity index is 2.28. The van der Waals surface area contributed by atoms with Crippen LogP contribution in [0.15, 0.2) is 23.1 Å². The van der Waals surface area contributed by atoms with E-state index in [9.17, 15) is 18.5 Å². The first-order chi connectivity index (χ1) is 10.8. The number of sulfone groups is 1. The molecule has 1 fully saturated rings. The van der Waals surface area contributed by atoms with Gasteiger partial charge in [-0.3, -0.25) is 10.1 Å². The largest absolute Gasteiger partial charge is 0.381 e. The number of benzene rings is 1. The molecule has 2 unspecified atom stereocenters. The predicted molar refractivity (Wildman–Crippen MR) is 94.0 cm³/mol. The molecule has 1 saturated carbocycles. The highest BCUT2D eigenvalue weighted by Crippen LogP contribution is 2.33. The van der Waals surface area contributed by atoms with Gasteiger partial charge in [0.1, 0.15) is 4.90 Å². The van der Waals surface area contributed by atoms with Crippen LogP contribution in [0, 0.1) is 10.1 Å². The van der Waals surface area contributed by atoms with E-state index < -0.39 is 14.8 Å². The zero-order valence-electron chi connectivity index (χ0n) is 13.3. The van der Waals surface area contributed by atoms with Gasteiger partial charge in [0, 0.05) is 29.3 Å². The smallest absolute Gasteiger partial charge is 0.288 e. The molecule has 2 rings (SSSR count). The fourth-order valence-electron chi connectivity index (χ4n) is 2.94. The molecule has 1 aliphatic carbocycles. The Bertz CT molecular complexity index is 674. The second kappa shape index (κ2) is 7.53. The van der Waals surface area contributed by atoms with E-state index in [-0.39, 0.29) is 16.6 Å². The minimum Gasteiger partial charge on any atom is -0.381 e. The molecule has 0 aromatic heterocycles. The van der Waals surface area contributed by atoms with E-state index in [1.54, 1.807) is 6.07 Å². The monoisotopic (exact) mass is 358 g/mol. The molecular weight excluding hydrogens is 336 g/mol. The minimum atomic E-state index is -3.65. The van der Waals surface area contributed by atoms with Gasteiger partial charge in [-0.1, -0.05) is 19.8 Å². The minimum absolute atomic E-state index is 0.233. The molecule has 8 heteroatoms. The number of thioether (sulfide) groups is 1. The molecule has 0 aliphatic heterocycles. The van der Waals surface area contributed by atoms with Crippen molar-refractivity contribution in [2.45, 2.75) is 48.8 Å². The van der Waals surface area contributed by atoms with Crippen molar-refractivity contribution in [2.24, 2.45) is 0 Å². The molecule has 1 N–H and O–H groups in total. The molecule has 2 atom stereocenters. The molecule has 1 aromatic rings. The molecule has 23 heavy (non-hydrogen) atoms. The average molecular weight is 358 g/mol. The molecule has 0 spiro atoms. The normalized spacial score (nSPS) is 21.8. The average Bonchev–Trinajstić information content (AvgIpc) is 2.48. The van der Waals surface area contributed by atoms with E-state index in [1.807, 2.05) is 11.8 Å². The van der Waals surface area contributed by atoms with Crippen LogP contribution in [0.4, 0.5) is 11.4 Å². The van der Waals surface area contributed by atoms with Crippen molar-refractivity contribution in [1.29, 1.82) is 0 Å². The first kappa shape index (κ1) is 18.1. The van der Waals surface area contributed by atoms with Crippen LogP contribution in [0.25, 0.3) is 0 Å². The van der Waals surface area contributed by atoms with Crippen LogP contribution < -0.4 is 5.32 Å². The van der Waals surface area contributed by atoms with Crippen molar-refractivity contribution in [1.82, 2.24) is 0 Å². The van der Waals surface area contributed by atoms with Crippen molar-refractivity contribution in [3.8, 4) is 0 Å². The Labute approximate surface area is 141 Å². The number of rotatable bonds is 6. The summed E-state index contributed by atoms with van der Waals surface area (Å²) in [4.78, 5) is 10.1. The molecule has 0 amide bonds. The lowest BCUT2D eigenvalue weighted by Crippen LogP contribution is -2.34. The third-order valence-corrected chi connectivity index (χ3v) is 6.44. The molecule has 0 radical (unpaired) electrons. The standard InChI is InChI=1S/C15H22N2O4S2/c1-3-22-14-7-5-4-6-12(14)16-11-8-9-13(17(18)19)15(10-11)23(2,20)21/h8-10,12,14,16H,3-7H2,1-2H3. The summed E-state index contributed by atoms with van der Waals surface area (Å²) in [6, 6.07) is 4.51. The highest BCUT2D eigenvalue weighted by atomic mass is 32.2. The van der Waals surface area contributed by atoms with Crippen LogP contribution in [0.5, 0.6) is 0 Å². The van der Waals surface area contributed by atoms with Gasteiger partial charge in [-0.05, 0) is 30.7 Å². The van der Waals surface area contributed by atoms with Crippen LogP contribution >= 0.6 is 11.8 Å². The second-order valence-electron chi connectivity index (χ2n) is 5.74. The molecule has 1 aliphatic rings. The highest BCUT2D eigenvalue weighted by Gasteiger charge is 2.27. The van der Waals surface area contributed by atoms with Gasteiger partial charge >= 0.3 is 0 Å². The molecule has 6 nitrogen and oxygen atoms in total. The third kappa shape index (κ3) is 4.60. The highest BCUT2D eigenvalue weighted by molar-refractivity contribution is 7.99. The summed E-state index contributed by atoms with van der Waals surface area (Å²) in [5, 5.41) is 14.9. The van der Waals surface area contributed by atoms with Gasteiger partial charge in [0.05, 0.1) is 4.92 Å². The number of nitrogens with zero attached hydrogens (tertiary/aromatic N) is 1. The Morgan fingerprint density at radius 2 is 2.04 bits per heavy atom. The van der Waals surface area contributed by atoms with Gasteiger partial charge in [0.25, 0.3) is 5.69 Å². The summed E-state index contributed by atoms with van der Waals surface area (Å²) >= 11 is 1.91. The molecular formula is C15H22N2O4S2. The molecule has 0 bridgehead atoms. The number of nitrogens with one attached hydrogen (secondary N) is 1. The summed E-state index contributed by atoms with van der Waals surface area (Å²) in [6.45, 7) is 2.13. The van der Waals surface area contributed by atoms with E-state index in [1.165, 1.54) is 18.6 Å². The SMILES string of the molecule is CCSC1CCCCC1Nc1ccc([N+](=O)[O-])c(S(C)(=O)=O)c1. The van der Waals surface area contributed by atoms with Gasteiger partial charge < -0.3 is 5.32 Å². The number of nitro benzene ring substituents is 1. The Morgan fingerprint density at radius 1 is 1.35 bits per heavy atom. The molecule has 1 aromatic carbocycles. The Kier molecular flexibility index (Phi) is 5.91. The van der Waals surface area contributed by atoms with E-state index in [0.717, 1.165) is 31.3 Å². The summed E-state index contributed by atoms with van der Waals surface area (Å²) in [5.41, 5.74) is 0.255. The maximum Gasteiger partial charge on any atom is 0.288 e. The van der Waals surface area contributed by atoms with Crippen LogP contribution in [0.2, 0.25) is 0 Å². The van der Waals surface area contributed by atoms with Crippen molar-refractivity contribution < 1.29 is 13.3 Å². The zero-order valence-corrected chi connectivity index (χ0v) is 15.0. The fraction of sp³-hybridized carbons (Fsp3) is 0.600. The number of anilines is 1. The van der Waals surface area contributed by atoms with Crippen LogP contribution in [-0.2, 0) is 9.84 Å². The topological polar surface area (TPSA) is 89.3 Å². The number of hydrogen-bond acceptors (Lipinski definition) is 6. The van der Waals surface area contributed by atoms with Crippen LogP contribution in [0.1, 0.15) is 32.6 Å². The first-order valence-corrected chi connectivity index (χ1v) is 10.6. The van der Waals surface area contributed by atoms with Gasteiger partial charge in [-0.25, -0.2) is 8.42 Å². The van der Waals surface area contributed by atoms with Gasteiger partial charge in [0.15, 0.2) is 9.84 Å². The third-order valence-electron chi connectivity index (χ3n) is 3.99. The second-order valence-corrected chi connectivity index (χ2v) is 9.24. The molecule has 0 heterocycles. The van der Waals surface area contributed by atoms with Crippen LogP contribution in [0.3, 0.4) is 0 Å². The van der Waals surface area contributed by atoms with Crippen molar-refractivity contribution in [2.75, 3.05) is 17.3 Å². The van der Waals surface area contributed by atoms with E-state index in [0.29, 0.717) is 10.9 Å². The number of nitro groups is 1. The van der Waals surface area contributed by atoms with Crippen molar-refractivity contribution >= 4 is 33.0 Å². The van der Waals surface area contributed by atoms with Gasteiger partial charge in [0.2, 0.25) is 0 Å². The lowest BCUT2D eigenvalue weighted by Gasteiger charge is -2.32. The molecule has 0 saturated heterocycles. The summed E-state index contributed by atoms with van der Waals surface area (Å²) in [5.74, 6) is 1.04. The summed E-state index contributed by atoms with van der Waals surface area (Å²) in [6.07, 6.45) is 5.52.